The fourth-order valence-corrected chi connectivity index (χ4v) is 3.32. The maximum Gasteiger partial charge on any atom is 0.330 e. The molecular formula is C25H29NO4. The van der Waals surface area contributed by atoms with Crippen LogP contribution < -0.4 is 4.74 Å². The van der Waals surface area contributed by atoms with Gasteiger partial charge in [0.25, 0.3) is 5.91 Å². The van der Waals surface area contributed by atoms with Gasteiger partial charge in [-0.25, -0.2) is 4.79 Å². The third-order valence-electron chi connectivity index (χ3n) is 4.98. The molecule has 1 heterocycles. The minimum absolute atomic E-state index is 0.000678. The zero-order valence-corrected chi connectivity index (χ0v) is 18.1. The average molecular weight is 408 g/mol. The molecular weight excluding hydrogens is 378 g/mol. The molecule has 0 atom stereocenters. The first-order valence-corrected chi connectivity index (χ1v) is 10.3. The van der Waals surface area contributed by atoms with Crippen LogP contribution in [0.3, 0.4) is 0 Å². The molecule has 3 rings (SSSR count). The number of rotatable bonds is 6. The molecule has 2 aromatic rings. The average Bonchev–Trinajstić information content (AvgIpc) is 2.68. The van der Waals surface area contributed by atoms with E-state index >= 15 is 0 Å². The third-order valence-corrected chi connectivity index (χ3v) is 4.98. The number of benzene rings is 2. The number of carbonyl (C=O) groups is 2. The van der Waals surface area contributed by atoms with Crippen molar-refractivity contribution >= 4 is 18.0 Å². The molecule has 0 saturated carbocycles. The lowest BCUT2D eigenvalue weighted by Gasteiger charge is -2.39. The van der Waals surface area contributed by atoms with Crippen LogP contribution in [0.25, 0.3) is 6.08 Å². The van der Waals surface area contributed by atoms with Crippen molar-refractivity contribution in [2.45, 2.75) is 39.2 Å². The van der Waals surface area contributed by atoms with Crippen LogP contribution in [0.5, 0.6) is 5.75 Å². The molecule has 158 valence electrons. The molecule has 0 radical (unpaired) electrons. The van der Waals surface area contributed by atoms with E-state index in [2.05, 4.69) is 26.8 Å². The fraction of sp³-hybridized carbons (Fsp3) is 0.360. The molecule has 0 bridgehead atoms. The van der Waals surface area contributed by atoms with Crippen LogP contribution in [0, 0.1) is 0 Å². The van der Waals surface area contributed by atoms with Crippen molar-refractivity contribution in [1.29, 1.82) is 0 Å². The molecule has 1 fully saturated rings. The van der Waals surface area contributed by atoms with E-state index in [1.165, 1.54) is 11.6 Å². The molecule has 1 amide bonds. The number of nitrogens with zero attached hydrogens (tertiary/aromatic N) is 1. The molecule has 0 aliphatic carbocycles. The predicted octanol–water partition coefficient (Wildman–Crippen LogP) is 4.46. The van der Waals surface area contributed by atoms with Gasteiger partial charge < -0.3 is 14.4 Å². The first-order chi connectivity index (χ1) is 14.3. The molecule has 0 unspecified atom stereocenters. The Hall–Kier alpha value is -3.08. The molecule has 0 aromatic heterocycles. The highest BCUT2D eigenvalue weighted by molar-refractivity contribution is 5.95. The summed E-state index contributed by atoms with van der Waals surface area (Å²) in [6.45, 7) is 9.75. The largest absolute Gasteiger partial charge is 0.486 e. The molecule has 5 nitrogen and oxygen atoms in total. The number of hydrogen-bond donors (Lipinski definition) is 0. The summed E-state index contributed by atoms with van der Waals surface area (Å²) in [7, 11) is 0. The van der Waals surface area contributed by atoms with E-state index in [1.54, 1.807) is 30.0 Å². The van der Waals surface area contributed by atoms with Crippen molar-refractivity contribution in [2.75, 3.05) is 19.7 Å². The highest BCUT2D eigenvalue weighted by Crippen LogP contribution is 2.32. The second kappa shape index (κ2) is 9.16. The summed E-state index contributed by atoms with van der Waals surface area (Å²) in [6.07, 6.45) is 3.06. The molecule has 5 heteroatoms. The number of esters is 1. The number of ether oxygens (including phenoxy) is 2. The SMILES string of the molecule is CCOC(=O)/C=C/c1ccc(C(=O)N2CC(Oc3ccccc3C(C)(C)C)C2)cc1. The van der Waals surface area contributed by atoms with E-state index in [1.807, 2.05) is 30.3 Å². The van der Waals surface area contributed by atoms with Crippen molar-refractivity contribution in [3.05, 3.63) is 71.3 Å². The van der Waals surface area contributed by atoms with E-state index in [0.717, 1.165) is 11.3 Å². The smallest absolute Gasteiger partial charge is 0.330 e. The van der Waals surface area contributed by atoms with Gasteiger partial charge in [0.2, 0.25) is 0 Å². The van der Waals surface area contributed by atoms with Gasteiger partial charge in [-0.05, 0) is 47.7 Å². The van der Waals surface area contributed by atoms with E-state index in [-0.39, 0.29) is 23.4 Å². The number of hydrogen-bond acceptors (Lipinski definition) is 4. The van der Waals surface area contributed by atoms with Crippen LogP contribution >= 0.6 is 0 Å². The number of amides is 1. The normalized spacial score (nSPS) is 14.5. The van der Waals surface area contributed by atoms with E-state index in [0.29, 0.717) is 25.3 Å². The maximum atomic E-state index is 12.7. The summed E-state index contributed by atoms with van der Waals surface area (Å²) in [5.74, 6) is 0.497. The molecule has 1 saturated heterocycles. The number of para-hydroxylation sites is 1. The van der Waals surface area contributed by atoms with Crippen LogP contribution in [0.4, 0.5) is 0 Å². The quantitative estimate of drug-likeness (QED) is 0.524. The topological polar surface area (TPSA) is 55.8 Å². The first-order valence-electron chi connectivity index (χ1n) is 10.3. The van der Waals surface area contributed by atoms with E-state index < -0.39 is 0 Å². The van der Waals surface area contributed by atoms with Gasteiger partial charge in [-0.2, -0.15) is 0 Å². The highest BCUT2D eigenvalue weighted by atomic mass is 16.5. The van der Waals surface area contributed by atoms with Gasteiger partial charge in [-0.15, -0.1) is 0 Å². The number of likely N-dealkylation sites (tertiary alicyclic amines) is 1. The Morgan fingerprint density at radius 2 is 1.73 bits per heavy atom. The van der Waals surface area contributed by atoms with Crippen LogP contribution in [-0.4, -0.2) is 42.6 Å². The van der Waals surface area contributed by atoms with Crippen LogP contribution in [0.1, 0.15) is 49.2 Å². The van der Waals surface area contributed by atoms with Crippen LogP contribution in [0.2, 0.25) is 0 Å². The van der Waals surface area contributed by atoms with Gasteiger partial charge in [0.15, 0.2) is 0 Å². The summed E-state index contributed by atoms with van der Waals surface area (Å²) in [6, 6.07) is 15.3. The Kier molecular flexibility index (Phi) is 6.60. The molecule has 30 heavy (non-hydrogen) atoms. The van der Waals surface area contributed by atoms with E-state index in [9.17, 15) is 9.59 Å². The van der Waals surface area contributed by atoms with Crippen LogP contribution in [0.15, 0.2) is 54.6 Å². The van der Waals surface area contributed by atoms with Crippen LogP contribution in [-0.2, 0) is 14.9 Å². The summed E-state index contributed by atoms with van der Waals surface area (Å²) in [4.78, 5) is 25.9. The first kappa shape index (κ1) is 21.6. The Morgan fingerprint density at radius 3 is 2.37 bits per heavy atom. The molecule has 1 aliphatic rings. The Morgan fingerprint density at radius 1 is 1.07 bits per heavy atom. The van der Waals surface area contributed by atoms with Gasteiger partial charge in [-0.3, -0.25) is 4.79 Å². The monoisotopic (exact) mass is 407 g/mol. The van der Waals surface area contributed by atoms with Gasteiger partial charge in [-0.1, -0.05) is 51.1 Å². The molecule has 0 N–H and O–H groups in total. The van der Waals surface area contributed by atoms with Crippen molar-refractivity contribution in [2.24, 2.45) is 0 Å². The second-order valence-electron chi connectivity index (χ2n) is 8.40. The summed E-state index contributed by atoms with van der Waals surface area (Å²) < 4.78 is 11.0. The van der Waals surface area contributed by atoms with E-state index in [4.69, 9.17) is 9.47 Å². The van der Waals surface area contributed by atoms with Gasteiger partial charge in [0, 0.05) is 11.6 Å². The van der Waals surface area contributed by atoms with Crippen molar-refractivity contribution < 1.29 is 19.1 Å². The number of carbonyl (C=O) groups excluding carboxylic acids is 2. The summed E-state index contributed by atoms with van der Waals surface area (Å²) >= 11 is 0. The minimum Gasteiger partial charge on any atom is -0.486 e. The maximum absolute atomic E-state index is 12.7. The fourth-order valence-electron chi connectivity index (χ4n) is 3.32. The lowest BCUT2D eigenvalue weighted by atomic mass is 9.86. The molecule has 1 aliphatic heterocycles. The summed E-state index contributed by atoms with van der Waals surface area (Å²) in [5, 5.41) is 0. The third kappa shape index (κ3) is 5.29. The van der Waals surface area contributed by atoms with Gasteiger partial charge in [0.1, 0.15) is 11.9 Å². The predicted molar refractivity (Wildman–Crippen MR) is 118 cm³/mol. The standard InChI is InChI=1S/C25H29NO4/c1-5-29-23(27)15-12-18-10-13-19(14-11-18)24(28)26-16-20(17-26)30-22-9-7-6-8-21(22)25(2,3)4/h6-15,20H,5,16-17H2,1-4H3/b15-12+. The van der Waals surface area contributed by atoms with Gasteiger partial charge >= 0.3 is 5.97 Å². The zero-order chi connectivity index (χ0) is 21.7. The zero-order valence-electron chi connectivity index (χ0n) is 18.1. The van der Waals surface area contributed by atoms with Crippen molar-refractivity contribution in [3.63, 3.8) is 0 Å². The summed E-state index contributed by atoms with van der Waals surface area (Å²) in [5.41, 5.74) is 2.63. The lowest BCUT2D eigenvalue weighted by molar-refractivity contribution is -0.137. The van der Waals surface area contributed by atoms with Crippen molar-refractivity contribution in [3.8, 4) is 5.75 Å². The molecule has 2 aromatic carbocycles. The lowest BCUT2D eigenvalue weighted by Crippen LogP contribution is -2.56. The minimum atomic E-state index is -0.377. The Bertz CT molecular complexity index is 919. The van der Waals surface area contributed by atoms with Crippen molar-refractivity contribution in [1.82, 2.24) is 4.90 Å². The Labute approximate surface area is 178 Å². The van der Waals surface area contributed by atoms with Gasteiger partial charge in [0.05, 0.1) is 19.7 Å². The highest BCUT2D eigenvalue weighted by Gasteiger charge is 2.33. The second-order valence-corrected chi connectivity index (χ2v) is 8.40. The Balaban J connectivity index is 1.55. The molecule has 0 spiro atoms.